The number of sulfonamides is 1. The molecule has 1 aliphatic rings. The summed E-state index contributed by atoms with van der Waals surface area (Å²) in [5.74, 6) is 0.513. The van der Waals surface area contributed by atoms with Crippen molar-refractivity contribution in [2.45, 2.75) is 44.5 Å². The quantitative estimate of drug-likeness (QED) is 0.844. The summed E-state index contributed by atoms with van der Waals surface area (Å²) >= 11 is 0. The highest BCUT2D eigenvalue weighted by Gasteiger charge is 2.27. The van der Waals surface area contributed by atoms with Gasteiger partial charge in [0, 0.05) is 12.6 Å². The molecule has 1 aromatic rings. The van der Waals surface area contributed by atoms with E-state index < -0.39 is 10.0 Å². The third-order valence-corrected chi connectivity index (χ3v) is 5.33. The SMILES string of the molecule is CNCc1ccc(CS(=O)(=O)NC2CCCC2C)cc1. The minimum Gasteiger partial charge on any atom is -0.316 e. The zero-order valence-corrected chi connectivity index (χ0v) is 13.0. The fraction of sp³-hybridized carbons (Fsp3) is 0.600. The highest BCUT2D eigenvalue weighted by molar-refractivity contribution is 7.88. The number of hydrogen-bond donors (Lipinski definition) is 2. The molecule has 2 N–H and O–H groups in total. The molecule has 112 valence electrons. The monoisotopic (exact) mass is 296 g/mol. The lowest BCUT2D eigenvalue weighted by atomic mass is 10.1. The van der Waals surface area contributed by atoms with Crippen LogP contribution < -0.4 is 10.0 Å². The second-order valence-electron chi connectivity index (χ2n) is 5.74. The van der Waals surface area contributed by atoms with Crippen molar-refractivity contribution in [2.75, 3.05) is 7.05 Å². The van der Waals surface area contributed by atoms with Crippen molar-refractivity contribution in [1.82, 2.24) is 10.0 Å². The molecule has 1 aromatic carbocycles. The van der Waals surface area contributed by atoms with E-state index in [-0.39, 0.29) is 11.8 Å². The van der Waals surface area contributed by atoms with Gasteiger partial charge in [-0.2, -0.15) is 0 Å². The molecule has 0 amide bonds. The summed E-state index contributed by atoms with van der Waals surface area (Å²) < 4.78 is 27.2. The molecular formula is C15H24N2O2S. The molecule has 20 heavy (non-hydrogen) atoms. The van der Waals surface area contributed by atoms with Gasteiger partial charge in [-0.05, 0) is 36.9 Å². The van der Waals surface area contributed by atoms with Crippen molar-refractivity contribution in [1.29, 1.82) is 0 Å². The van der Waals surface area contributed by atoms with Gasteiger partial charge in [0.2, 0.25) is 10.0 Å². The van der Waals surface area contributed by atoms with Crippen LogP contribution in [0.25, 0.3) is 0 Å². The van der Waals surface area contributed by atoms with Gasteiger partial charge in [0.1, 0.15) is 0 Å². The van der Waals surface area contributed by atoms with E-state index in [0.29, 0.717) is 5.92 Å². The highest BCUT2D eigenvalue weighted by atomic mass is 32.2. The molecule has 1 aliphatic carbocycles. The van der Waals surface area contributed by atoms with Crippen molar-refractivity contribution in [3.8, 4) is 0 Å². The Morgan fingerprint density at radius 1 is 1.15 bits per heavy atom. The summed E-state index contributed by atoms with van der Waals surface area (Å²) in [6, 6.07) is 7.84. The van der Waals surface area contributed by atoms with Crippen LogP contribution in [0.3, 0.4) is 0 Å². The average molecular weight is 296 g/mol. The first-order valence-electron chi connectivity index (χ1n) is 7.22. The molecule has 2 rings (SSSR count). The lowest BCUT2D eigenvalue weighted by Gasteiger charge is -2.17. The Morgan fingerprint density at radius 2 is 1.80 bits per heavy atom. The van der Waals surface area contributed by atoms with E-state index in [2.05, 4.69) is 17.0 Å². The van der Waals surface area contributed by atoms with Crippen LogP contribution >= 0.6 is 0 Å². The second kappa shape index (κ2) is 6.70. The van der Waals surface area contributed by atoms with Gasteiger partial charge in [-0.1, -0.05) is 37.6 Å². The Morgan fingerprint density at radius 3 is 2.35 bits per heavy atom. The first-order chi connectivity index (χ1) is 9.50. The molecule has 0 aliphatic heterocycles. The molecule has 0 saturated heterocycles. The zero-order valence-electron chi connectivity index (χ0n) is 12.2. The number of rotatable bonds is 6. The fourth-order valence-electron chi connectivity index (χ4n) is 2.77. The van der Waals surface area contributed by atoms with E-state index in [4.69, 9.17) is 0 Å². The van der Waals surface area contributed by atoms with E-state index in [9.17, 15) is 8.42 Å². The maximum atomic E-state index is 12.2. The van der Waals surface area contributed by atoms with Crippen molar-refractivity contribution < 1.29 is 8.42 Å². The van der Waals surface area contributed by atoms with E-state index in [1.807, 2.05) is 31.3 Å². The van der Waals surface area contributed by atoms with Gasteiger partial charge in [0.25, 0.3) is 0 Å². The summed E-state index contributed by atoms with van der Waals surface area (Å²) in [7, 11) is -1.35. The van der Waals surface area contributed by atoms with Crippen LogP contribution in [0.15, 0.2) is 24.3 Å². The van der Waals surface area contributed by atoms with Gasteiger partial charge in [-0.25, -0.2) is 13.1 Å². The predicted molar refractivity (Wildman–Crippen MR) is 81.8 cm³/mol. The van der Waals surface area contributed by atoms with E-state index in [1.54, 1.807) is 0 Å². The molecule has 0 aromatic heterocycles. The smallest absolute Gasteiger partial charge is 0.216 e. The molecule has 5 heteroatoms. The maximum absolute atomic E-state index is 12.2. The molecule has 1 saturated carbocycles. The Kier molecular flexibility index (Phi) is 5.18. The molecular weight excluding hydrogens is 272 g/mol. The summed E-state index contributed by atoms with van der Waals surface area (Å²) in [4.78, 5) is 0. The van der Waals surface area contributed by atoms with Crippen LogP contribution in [0.2, 0.25) is 0 Å². The first kappa shape index (κ1) is 15.5. The third-order valence-electron chi connectivity index (χ3n) is 3.95. The first-order valence-corrected chi connectivity index (χ1v) is 8.88. The van der Waals surface area contributed by atoms with Crippen LogP contribution in [0.5, 0.6) is 0 Å². The van der Waals surface area contributed by atoms with E-state index in [1.165, 1.54) is 0 Å². The van der Waals surface area contributed by atoms with Gasteiger partial charge >= 0.3 is 0 Å². The minimum absolute atomic E-state index is 0.0655. The summed E-state index contributed by atoms with van der Waals surface area (Å²) in [6.45, 7) is 2.91. The molecule has 1 fully saturated rings. The lowest BCUT2D eigenvalue weighted by Crippen LogP contribution is -2.37. The average Bonchev–Trinajstić information content (AvgIpc) is 2.77. The number of nitrogens with one attached hydrogen (secondary N) is 2. The van der Waals surface area contributed by atoms with Crippen molar-refractivity contribution in [2.24, 2.45) is 5.92 Å². The topological polar surface area (TPSA) is 58.2 Å². The second-order valence-corrected chi connectivity index (χ2v) is 7.49. The van der Waals surface area contributed by atoms with E-state index >= 15 is 0 Å². The van der Waals surface area contributed by atoms with Crippen LogP contribution in [0.1, 0.15) is 37.3 Å². The molecule has 0 spiro atoms. The Balaban J connectivity index is 1.97. The molecule has 2 unspecified atom stereocenters. The van der Waals surface area contributed by atoms with Crippen molar-refractivity contribution in [3.05, 3.63) is 35.4 Å². The van der Waals surface area contributed by atoms with Gasteiger partial charge in [-0.3, -0.25) is 0 Å². The summed E-state index contributed by atoms with van der Waals surface area (Å²) in [6.07, 6.45) is 3.19. The van der Waals surface area contributed by atoms with Crippen LogP contribution in [-0.4, -0.2) is 21.5 Å². The van der Waals surface area contributed by atoms with Gasteiger partial charge in [0.15, 0.2) is 0 Å². The predicted octanol–water partition coefficient (Wildman–Crippen LogP) is 2.01. The maximum Gasteiger partial charge on any atom is 0.216 e. The lowest BCUT2D eigenvalue weighted by molar-refractivity contribution is 0.476. The molecule has 4 nitrogen and oxygen atoms in total. The number of hydrogen-bond acceptors (Lipinski definition) is 3. The Hall–Kier alpha value is -0.910. The molecule has 0 radical (unpaired) electrons. The van der Waals surface area contributed by atoms with Crippen LogP contribution in [0.4, 0.5) is 0 Å². The van der Waals surface area contributed by atoms with Crippen molar-refractivity contribution in [3.63, 3.8) is 0 Å². The molecule has 2 atom stereocenters. The van der Waals surface area contributed by atoms with Gasteiger partial charge in [-0.15, -0.1) is 0 Å². The van der Waals surface area contributed by atoms with Gasteiger partial charge in [0.05, 0.1) is 5.75 Å². The highest BCUT2D eigenvalue weighted by Crippen LogP contribution is 2.25. The minimum atomic E-state index is -3.24. The van der Waals surface area contributed by atoms with E-state index in [0.717, 1.165) is 36.9 Å². The summed E-state index contributed by atoms with van der Waals surface area (Å²) in [5, 5.41) is 3.07. The molecule has 0 bridgehead atoms. The standard InChI is InChI=1S/C15H24N2O2S/c1-12-4-3-5-15(12)17-20(18,19)11-14-8-6-13(7-9-14)10-16-2/h6-9,12,15-17H,3-5,10-11H2,1-2H3. The van der Waals surface area contributed by atoms with Crippen LogP contribution in [-0.2, 0) is 22.3 Å². The Bertz CT molecular complexity index is 525. The Labute approximate surface area is 122 Å². The van der Waals surface area contributed by atoms with Crippen LogP contribution in [0, 0.1) is 5.92 Å². The normalized spacial score (nSPS) is 23.1. The zero-order chi connectivity index (χ0) is 14.6. The van der Waals surface area contributed by atoms with Crippen molar-refractivity contribution >= 4 is 10.0 Å². The third kappa shape index (κ3) is 4.30. The largest absolute Gasteiger partial charge is 0.316 e. The van der Waals surface area contributed by atoms with Gasteiger partial charge < -0.3 is 5.32 Å². The molecule has 0 heterocycles. The summed E-state index contributed by atoms with van der Waals surface area (Å²) in [5.41, 5.74) is 1.99. The number of benzene rings is 1. The fourth-order valence-corrected chi connectivity index (χ4v) is 4.30.